The van der Waals surface area contributed by atoms with E-state index in [0.717, 1.165) is 31.2 Å². The molecule has 1 N–H and O–H groups in total. The van der Waals surface area contributed by atoms with Gasteiger partial charge in [-0.15, -0.1) is 10.2 Å². The summed E-state index contributed by atoms with van der Waals surface area (Å²) in [5.74, 6) is 2.07. The summed E-state index contributed by atoms with van der Waals surface area (Å²) in [7, 11) is 0. The van der Waals surface area contributed by atoms with Crippen LogP contribution in [0.1, 0.15) is 31.4 Å². The maximum Gasteiger partial charge on any atom is 0.250 e. The van der Waals surface area contributed by atoms with E-state index in [-0.39, 0.29) is 17.1 Å². The number of halogens is 1. The molecule has 25 heavy (non-hydrogen) atoms. The molecule has 0 atom stereocenters. The summed E-state index contributed by atoms with van der Waals surface area (Å²) < 4.78 is 19.6. The van der Waals surface area contributed by atoms with E-state index in [1.165, 1.54) is 6.07 Å². The Morgan fingerprint density at radius 3 is 2.80 bits per heavy atom. The molecule has 0 amide bonds. The van der Waals surface area contributed by atoms with E-state index in [2.05, 4.69) is 37.2 Å². The first-order chi connectivity index (χ1) is 12.1. The highest BCUT2D eigenvalue weighted by molar-refractivity contribution is 5.53. The van der Waals surface area contributed by atoms with Crippen molar-refractivity contribution in [2.75, 3.05) is 13.1 Å². The summed E-state index contributed by atoms with van der Waals surface area (Å²) in [5.41, 5.74) is 0.0965. The van der Waals surface area contributed by atoms with Crippen LogP contribution in [0.2, 0.25) is 0 Å². The zero-order chi connectivity index (χ0) is 17.4. The maximum absolute atomic E-state index is 13.9. The molecule has 1 aliphatic heterocycles. The van der Waals surface area contributed by atoms with E-state index in [0.29, 0.717) is 18.0 Å². The standard InChI is InChI=1S/C17H19FN6O/c1-3-13-19-14(21-20-13)8-24-9-17(2,10-24)16-23-22-15(25-16)11-6-4-5-7-12(11)18/h4-7H,3,8-10H2,1-2H3,(H,19,20,21). The third-order valence-electron chi connectivity index (χ3n) is 4.46. The van der Waals surface area contributed by atoms with Gasteiger partial charge in [0.25, 0.3) is 5.89 Å². The molecule has 0 spiro atoms. The fourth-order valence-electron chi connectivity index (χ4n) is 3.17. The van der Waals surface area contributed by atoms with Gasteiger partial charge in [0.15, 0.2) is 0 Å². The number of H-pyrrole nitrogens is 1. The number of aromatic amines is 1. The van der Waals surface area contributed by atoms with E-state index in [4.69, 9.17) is 4.42 Å². The molecule has 130 valence electrons. The van der Waals surface area contributed by atoms with Crippen LogP contribution >= 0.6 is 0 Å². The van der Waals surface area contributed by atoms with Gasteiger partial charge in [0.1, 0.15) is 17.5 Å². The SMILES string of the molecule is CCc1n[nH]c(CN2CC(C)(c3nnc(-c4ccccc4F)o3)C2)n1. The van der Waals surface area contributed by atoms with E-state index in [9.17, 15) is 4.39 Å². The van der Waals surface area contributed by atoms with Crippen molar-refractivity contribution in [2.24, 2.45) is 0 Å². The van der Waals surface area contributed by atoms with Gasteiger partial charge in [-0.2, -0.15) is 5.10 Å². The Labute approximate surface area is 144 Å². The van der Waals surface area contributed by atoms with Gasteiger partial charge in [-0.25, -0.2) is 9.37 Å². The summed E-state index contributed by atoms with van der Waals surface area (Å²) >= 11 is 0. The van der Waals surface area contributed by atoms with Gasteiger partial charge in [0, 0.05) is 19.5 Å². The lowest BCUT2D eigenvalue weighted by Crippen LogP contribution is -2.57. The highest BCUT2D eigenvalue weighted by Gasteiger charge is 2.44. The number of nitrogens with zero attached hydrogens (tertiary/aromatic N) is 5. The number of benzene rings is 1. The number of nitrogens with one attached hydrogen (secondary N) is 1. The zero-order valence-corrected chi connectivity index (χ0v) is 14.2. The summed E-state index contributed by atoms with van der Waals surface area (Å²) in [6, 6.07) is 6.40. The molecular formula is C17H19FN6O. The van der Waals surface area contributed by atoms with Gasteiger partial charge in [0.2, 0.25) is 5.89 Å². The van der Waals surface area contributed by atoms with E-state index >= 15 is 0 Å². The predicted molar refractivity (Wildman–Crippen MR) is 88.1 cm³/mol. The minimum Gasteiger partial charge on any atom is -0.420 e. The van der Waals surface area contributed by atoms with Crippen LogP contribution < -0.4 is 0 Å². The lowest BCUT2D eigenvalue weighted by Gasteiger charge is -2.45. The van der Waals surface area contributed by atoms with Crippen molar-refractivity contribution in [3.8, 4) is 11.5 Å². The Kier molecular flexibility index (Phi) is 3.84. The van der Waals surface area contributed by atoms with Crippen LogP contribution in [-0.2, 0) is 18.4 Å². The summed E-state index contributed by atoms with van der Waals surface area (Å²) in [6.45, 7) is 6.34. The number of aromatic nitrogens is 5. The smallest absolute Gasteiger partial charge is 0.250 e. The van der Waals surface area contributed by atoms with Crippen LogP contribution in [0, 0.1) is 5.82 Å². The fraction of sp³-hybridized carbons (Fsp3) is 0.412. The molecule has 2 aromatic heterocycles. The Balaban J connectivity index is 1.44. The molecule has 0 bridgehead atoms. The van der Waals surface area contributed by atoms with Gasteiger partial charge in [-0.05, 0) is 19.1 Å². The fourth-order valence-corrected chi connectivity index (χ4v) is 3.17. The molecular weight excluding hydrogens is 323 g/mol. The van der Waals surface area contributed by atoms with Gasteiger partial charge in [0.05, 0.1) is 17.5 Å². The van der Waals surface area contributed by atoms with Gasteiger partial charge < -0.3 is 4.42 Å². The Morgan fingerprint density at radius 1 is 1.28 bits per heavy atom. The first-order valence-corrected chi connectivity index (χ1v) is 8.29. The topological polar surface area (TPSA) is 83.7 Å². The molecule has 1 aliphatic rings. The molecule has 0 unspecified atom stereocenters. The Hall–Kier alpha value is -2.61. The average molecular weight is 342 g/mol. The number of hydrogen-bond acceptors (Lipinski definition) is 6. The Bertz CT molecular complexity index is 883. The van der Waals surface area contributed by atoms with Crippen molar-refractivity contribution in [3.05, 3.63) is 47.6 Å². The van der Waals surface area contributed by atoms with E-state index < -0.39 is 0 Å². The first kappa shape index (κ1) is 15.9. The second-order valence-electron chi connectivity index (χ2n) is 6.65. The molecule has 3 aromatic rings. The second-order valence-corrected chi connectivity index (χ2v) is 6.65. The van der Waals surface area contributed by atoms with Crippen LogP contribution in [0.25, 0.3) is 11.5 Å². The number of rotatable bonds is 5. The van der Waals surface area contributed by atoms with Crippen molar-refractivity contribution in [1.82, 2.24) is 30.3 Å². The van der Waals surface area contributed by atoms with Crippen molar-refractivity contribution in [1.29, 1.82) is 0 Å². The lowest BCUT2D eigenvalue weighted by molar-refractivity contribution is 0.0491. The minimum atomic E-state index is -0.366. The lowest BCUT2D eigenvalue weighted by atomic mass is 9.82. The number of likely N-dealkylation sites (tertiary alicyclic amines) is 1. The molecule has 4 rings (SSSR count). The normalized spacial score (nSPS) is 16.8. The highest BCUT2D eigenvalue weighted by Crippen LogP contribution is 2.35. The molecule has 3 heterocycles. The van der Waals surface area contributed by atoms with E-state index in [1.54, 1.807) is 18.2 Å². The predicted octanol–water partition coefficient (Wildman–Crippen LogP) is 2.33. The van der Waals surface area contributed by atoms with Crippen LogP contribution in [-0.4, -0.2) is 43.4 Å². The largest absolute Gasteiger partial charge is 0.420 e. The third kappa shape index (κ3) is 2.93. The van der Waals surface area contributed by atoms with Crippen molar-refractivity contribution < 1.29 is 8.81 Å². The van der Waals surface area contributed by atoms with Crippen molar-refractivity contribution >= 4 is 0 Å². The minimum absolute atomic E-state index is 0.218. The molecule has 1 fully saturated rings. The van der Waals surface area contributed by atoms with Crippen LogP contribution in [0.5, 0.6) is 0 Å². The monoisotopic (exact) mass is 342 g/mol. The summed E-state index contributed by atoms with van der Waals surface area (Å²) in [5, 5.41) is 15.3. The average Bonchev–Trinajstić information content (AvgIpc) is 3.23. The Morgan fingerprint density at radius 2 is 2.08 bits per heavy atom. The maximum atomic E-state index is 13.9. The molecule has 7 nitrogen and oxygen atoms in total. The zero-order valence-electron chi connectivity index (χ0n) is 14.2. The molecule has 1 saturated heterocycles. The first-order valence-electron chi connectivity index (χ1n) is 8.29. The molecule has 8 heteroatoms. The molecule has 1 aromatic carbocycles. The number of aryl methyl sites for hydroxylation is 1. The second kappa shape index (κ2) is 6.03. The molecule has 0 radical (unpaired) electrons. The van der Waals surface area contributed by atoms with Crippen LogP contribution in [0.15, 0.2) is 28.7 Å². The van der Waals surface area contributed by atoms with Gasteiger partial charge in [-0.1, -0.05) is 19.1 Å². The molecule has 0 aliphatic carbocycles. The van der Waals surface area contributed by atoms with Crippen molar-refractivity contribution in [3.63, 3.8) is 0 Å². The van der Waals surface area contributed by atoms with Crippen LogP contribution in [0.3, 0.4) is 0 Å². The van der Waals surface area contributed by atoms with Crippen molar-refractivity contribution in [2.45, 2.75) is 32.2 Å². The van der Waals surface area contributed by atoms with Gasteiger partial charge >= 0.3 is 0 Å². The highest BCUT2D eigenvalue weighted by atomic mass is 19.1. The summed E-state index contributed by atoms with van der Waals surface area (Å²) in [6.07, 6.45) is 0.815. The van der Waals surface area contributed by atoms with Crippen LogP contribution in [0.4, 0.5) is 4.39 Å². The summed E-state index contributed by atoms with van der Waals surface area (Å²) in [4.78, 5) is 6.65. The molecule has 0 saturated carbocycles. The quantitative estimate of drug-likeness (QED) is 0.766. The third-order valence-corrected chi connectivity index (χ3v) is 4.46. The van der Waals surface area contributed by atoms with Gasteiger partial charge in [-0.3, -0.25) is 10.00 Å². The van der Waals surface area contributed by atoms with E-state index in [1.807, 2.05) is 6.92 Å². The number of hydrogen-bond donors (Lipinski definition) is 1.